The molecule has 2 aromatic rings. The van der Waals surface area contributed by atoms with E-state index in [1.807, 2.05) is 25.1 Å². The number of H-pyrrole nitrogens is 1. The molecule has 1 aromatic heterocycles. The number of rotatable bonds is 8. The van der Waals surface area contributed by atoms with Crippen LogP contribution >= 0.6 is 11.8 Å². The third-order valence-electron chi connectivity index (χ3n) is 3.01. The monoisotopic (exact) mass is 308 g/mol. The van der Waals surface area contributed by atoms with Gasteiger partial charge in [0.2, 0.25) is 0 Å². The average Bonchev–Trinajstić information content (AvgIpc) is 2.85. The first kappa shape index (κ1) is 15.8. The van der Waals surface area contributed by atoms with Crippen molar-refractivity contribution in [1.29, 1.82) is 0 Å². The number of benzene rings is 1. The van der Waals surface area contributed by atoms with Gasteiger partial charge < -0.3 is 10.1 Å². The minimum atomic E-state index is -0.171. The van der Waals surface area contributed by atoms with E-state index >= 15 is 0 Å². The molecule has 0 unspecified atom stereocenters. The quantitative estimate of drug-likeness (QED) is 0.723. The van der Waals surface area contributed by atoms with E-state index in [1.165, 1.54) is 17.3 Å². The second-order valence-corrected chi connectivity index (χ2v) is 5.44. The number of aromatic amines is 1. The molecule has 1 heterocycles. The summed E-state index contributed by atoms with van der Waals surface area (Å²) in [6, 6.07) is 8.11. The molecule has 0 radical (unpaired) electrons. The highest BCUT2D eigenvalue weighted by molar-refractivity contribution is 7.99. The highest BCUT2D eigenvalue weighted by atomic mass is 32.2. The van der Waals surface area contributed by atoms with Crippen molar-refractivity contribution in [3.63, 3.8) is 0 Å². The Hall–Kier alpha value is -1.57. The predicted molar refractivity (Wildman–Crippen MR) is 82.7 cm³/mol. The summed E-state index contributed by atoms with van der Waals surface area (Å²) in [6.07, 6.45) is 0. The second-order valence-electron chi connectivity index (χ2n) is 4.43. The normalized spacial score (nSPS) is 11.0. The molecule has 0 aliphatic rings. The second kappa shape index (κ2) is 8.02. The summed E-state index contributed by atoms with van der Waals surface area (Å²) >= 11 is 1.50. The van der Waals surface area contributed by atoms with Crippen LogP contribution in [0.25, 0.3) is 0 Å². The molecule has 114 valence electrons. The van der Waals surface area contributed by atoms with Gasteiger partial charge in [0.15, 0.2) is 5.16 Å². The SMILES string of the molecule is CCn1c(Sc2ccccc2CNCCOC)n[nH]c1=O. The van der Waals surface area contributed by atoms with E-state index in [4.69, 9.17) is 4.74 Å². The lowest BCUT2D eigenvalue weighted by Gasteiger charge is -2.10. The van der Waals surface area contributed by atoms with E-state index in [-0.39, 0.29) is 5.69 Å². The Kier molecular flexibility index (Phi) is 6.04. The molecule has 0 saturated heterocycles. The average molecular weight is 308 g/mol. The number of hydrogen-bond acceptors (Lipinski definition) is 5. The molecule has 2 rings (SSSR count). The van der Waals surface area contributed by atoms with Crippen molar-refractivity contribution in [2.45, 2.75) is 30.1 Å². The van der Waals surface area contributed by atoms with Crippen molar-refractivity contribution in [3.05, 3.63) is 40.3 Å². The predicted octanol–water partition coefficient (Wildman–Crippen LogP) is 1.48. The Labute approximate surface area is 127 Å². The maximum absolute atomic E-state index is 11.6. The van der Waals surface area contributed by atoms with Crippen LogP contribution < -0.4 is 11.0 Å². The summed E-state index contributed by atoms with van der Waals surface area (Å²) in [5, 5.41) is 10.6. The summed E-state index contributed by atoms with van der Waals surface area (Å²) in [5.41, 5.74) is 1.01. The van der Waals surface area contributed by atoms with Crippen molar-refractivity contribution < 1.29 is 4.74 Å². The summed E-state index contributed by atoms with van der Waals surface area (Å²) in [4.78, 5) is 12.7. The van der Waals surface area contributed by atoms with E-state index in [0.717, 1.165) is 18.0 Å². The van der Waals surface area contributed by atoms with Gasteiger partial charge in [0.25, 0.3) is 0 Å². The lowest BCUT2D eigenvalue weighted by Crippen LogP contribution is -2.19. The molecule has 21 heavy (non-hydrogen) atoms. The lowest BCUT2D eigenvalue weighted by atomic mass is 10.2. The smallest absolute Gasteiger partial charge is 0.343 e. The maximum atomic E-state index is 11.6. The molecule has 0 fully saturated rings. The van der Waals surface area contributed by atoms with Crippen LogP contribution in [0.1, 0.15) is 12.5 Å². The molecule has 0 bridgehead atoms. The minimum Gasteiger partial charge on any atom is -0.383 e. The van der Waals surface area contributed by atoms with Crippen molar-refractivity contribution >= 4 is 11.8 Å². The number of aromatic nitrogens is 3. The molecule has 7 heteroatoms. The van der Waals surface area contributed by atoms with Gasteiger partial charge in [0, 0.05) is 31.6 Å². The third kappa shape index (κ3) is 4.20. The van der Waals surface area contributed by atoms with Gasteiger partial charge in [-0.2, -0.15) is 0 Å². The first-order valence-electron chi connectivity index (χ1n) is 6.87. The Morgan fingerprint density at radius 2 is 2.24 bits per heavy atom. The van der Waals surface area contributed by atoms with Gasteiger partial charge in [0.1, 0.15) is 0 Å². The molecule has 0 saturated carbocycles. The topological polar surface area (TPSA) is 71.9 Å². The zero-order valence-electron chi connectivity index (χ0n) is 12.3. The Morgan fingerprint density at radius 3 is 3.00 bits per heavy atom. The highest BCUT2D eigenvalue weighted by Gasteiger charge is 2.10. The van der Waals surface area contributed by atoms with Crippen molar-refractivity contribution in [2.24, 2.45) is 0 Å². The Balaban J connectivity index is 2.10. The summed E-state index contributed by atoms with van der Waals surface area (Å²) in [6.45, 7) is 4.78. The molecule has 0 amide bonds. The minimum absolute atomic E-state index is 0.171. The number of nitrogens with one attached hydrogen (secondary N) is 2. The lowest BCUT2D eigenvalue weighted by molar-refractivity contribution is 0.199. The van der Waals surface area contributed by atoms with Crippen molar-refractivity contribution in [1.82, 2.24) is 20.1 Å². The Bertz CT molecular complexity index is 623. The van der Waals surface area contributed by atoms with Gasteiger partial charge in [-0.3, -0.25) is 4.57 Å². The zero-order valence-corrected chi connectivity index (χ0v) is 13.1. The van der Waals surface area contributed by atoms with Crippen LogP contribution in [0.3, 0.4) is 0 Å². The van der Waals surface area contributed by atoms with Crippen LogP contribution in [0.2, 0.25) is 0 Å². The van der Waals surface area contributed by atoms with E-state index in [2.05, 4.69) is 21.6 Å². The molecule has 1 aromatic carbocycles. The molecule has 6 nitrogen and oxygen atoms in total. The maximum Gasteiger partial charge on any atom is 0.343 e. The molecule has 0 spiro atoms. The number of hydrogen-bond donors (Lipinski definition) is 2. The van der Waals surface area contributed by atoms with Gasteiger partial charge in [-0.15, -0.1) is 5.10 Å². The summed E-state index contributed by atoms with van der Waals surface area (Å²) in [7, 11) is 1.69. The van der Waals surface area contributed by atoms with Crippen molar-refractivity contribution in [3.8, 4) is 0 Å². The number of nitrogens with zero attached hydrogens (tertiary/aromatic N) is 2. The van der Waals surface area contributed by atoms with Gasteiger partial charge >= 0.3 is 5.69 Å². The van der Waals surface area contributed by atoms with Crippen LogP contribution in [0, 0.1) is 0 Å². The fraction of sp³-hybridized carbons (Fsp3) is 0.429. The zero-order chi connectivity index (χ0) is 15.1. The van der Waals surface area contributed by atoms with Crippen LogP contribution in [0.15, 0.2) is 39.1 Å². The largest absolute Gasteiger partial charge is 0.383 e. The van der Waals surface area contributed by atoms with Crippen LogP contribution in [-0.2, 0) is 17.8 Å². The fourth-order valence-electron chi connectivity index (χ4n) is 1.91. The molecule has 0 aliphatic heterocycles. The first-order chi connectivity index (χ1) is 10.3. The first-order valence-corrected chi connectivity index (χ1v) is 7.68. The van der Waals surface area contributed by atoms with Gasteiger partial charge in [0.05, 0.1) is 6.61 Å². The molecule has 0 aliphatic carbocycles. The molecular formula is C14H20N4O2S. The van der Waals surface area contributed by atoms with Crippen LogP contribution in [0.5, 0.6) is 0 Å². The van der Waals surface area contributed by atoms with Crippen LogP contribution in [0.4, 0.5) is 0 Å². The third-order valence-corrected chi connectivity index (χ3v) is 4.12. The number of ether oxygens (including phenoxy) is 1. The van der Waals surface area contributed by atoms with E-state index in [0.29, 0.717) is 18.3 Å². The summed E-state index contributed by atoms with van der Waals surface area (Å²) < 4.78 is 6.64. The molecular weight excluding hydrogens is 288 g/mol. The fourth-order valence-corrected chi connectivity index (χ4v) is 2.93. The molecule has 0 atom stereocenters. The Morgan fingerprint density at radius 1 is 1.43 bits per heavy atom. The van der Waals surface area contributed by atoms with E-state index in [9.17, 15) is 4.79 Å². The van der Waals surface area contributed by atoms with Gasteiger partial charge in [-0.25, -0.2) is 9.89 Å². The van der Waals surface area contributed by atoms with Crippen LogP contribution in [-0.4, -0.2) is 35.0 Å². The van der Waals surface area contributed by atoms with Crippen molar-refractivity contribution in [2.75, 3.05) is 20.3 Å². The number of methoxy groups -OCH3 is 1. The van der Waals surface area contributed by atoms with Gasteiger partial charge in [-0.05, 0) is 30.3 Å². The molecule has 2 N–H and O–H groups in total. The van der Waals surface area contributed by atoms with Gasteiger partial charge in [-0.1, -0.05) is 18.2 Å². The highest BCUT2D eigenvalue weighted by Crippen LogP contribution is 2.28. The van der Waals surface area contributed by atoms with E-state index < -0.39 is 0 Å². The standard InChI is InChI=1S/C14H20N4O2S/c1-3-18-13(19)16-17-14(18)21-12-7-5-4-6-11(12)10-15-8-9-20-2/h4-7,15H,3,8-10H2,1-2H3,(H,16,19). The summed E-state index contributed by atoms with van der Waals surface area (Å²) in [5.74, 6) is 0. The van der Waals surface area contributed by atoms with E-state index in [1.54, 1.807) is 11.7 Å².